The van der Waals surface area contributed by atoms with E-state index < -0.39 is 5.25 Å². The fourth-order valence-electron chi connectivity index (χ4n) is 6.29. The highest BCUT2D eigenvalue weighted by atomic mass is 32.2. The zero-order valence-corrected chi connectivity index (χ0v) is 19.4. The van der Waals surface area contributed by atoms with E-state index in [0.29, 0.717) is 5.16 Å². The lowest BCUT2D eigenvalue weighted by molar-refractivity contribution is -0.119. The van der Waals surface area contributed by atoms with Gasteiger partial charge in [-0.25, -0.2) is 9.78 Å². The zero-order valence-electron chi connectivity index (χ0n) is 18.5. The maximum absolute atomic E-state index is 12.8. The molecule has 8 heteroatoms. The SMILES string of the molecule is COc1cccc(-n2ccnc2S[C@H](C)C(=O)NC(=O)NC23CC4CC(CC(C4)C2)C3)c1. The molecule has 2 aromatic rings. The molecule has 4 fully saturated rings. The maximum atomic E-state index is 12.8. The molecular formula is C24H30N4O3S. The van der Waals surface area contributed by atoms with Gasteiger partial charge in [0.1, 0.15) is 5.75 Å². The van der Waals surface area contributed by atoms with Gasteiger partial charge in [-0.05, 0) is 75.3 Å². The standard InChI is InChI=1S/C24H30N4O3S/c1-15(32-23-25-6-7-28(23)19-4-3-5-20(11-19)31-2)21(29)26-22(30)27-24-12-16-8-17(13-24)10-18(9-16)14-24/h3-7,11,15-18H,8-10,12-14H2,1-2H3,(H2,26,27,29,30)/t15-,16?,17?,18?,24?/m1/s1. The summed E-state index contributed by atoms with van der Waals surface area (Å²) in [5.41, 5.74) is 0.787. The maximum Gasteiger partial charge on any atom is 0.321 e. The van der Waals surface area contributed by atoms with Crippen molar-refractivity contribution in [1.82, 2.24) is 20.2 Å². The number of nitrogens with zero attached hydrogens (tertiary/aromatic N) is 2. The number of carbonyl (C=O) groups is 2. The Labute approximate surface area is 192 Å². The van der Waals surface area contributed by atoms with Crippen LogP contribution >= 0.6 is 11.8 Å². The van der Waals surface area contributed by atoms with Crippen LogP contribution in [0.2, 0.25) is 0 Å². The first-order valence-electron chi connectivity index (χ1n) is 11.4. The Morgan fingerprint density at radius 2 is 1.88 bits per heavy atom. The Bertz CT molecular complexity index is 985. The van der Waals surface area contributed by atoms with Crippen LogP contribution in [-0.2, 0) is 4.79 Å². The monoisotopic (exact) mass is 454 g/mol. The summed E-state index contributed by atoms with van der Waals surface area (Å²) in [6.07, 6.45) is 10.7. The van der Waals surface area contributed by atoms with Crippen LogP contribution < -0.4 is 15.4 Å². The van der Waals surface area contributed by atoms with Crippen LogP contribution in [0.1, 0.15) is 45.4 Å². The van der Waals surface area contributed by atoms with Gasteiger partial charge in [-0.1, -0.05) is 17.8 Å². The van der Waals surface area contributed by atoms with Crippen molar-refractivity contribution in [2.24, 2.45) is 17.8 Å². The van der Waals surface area contributed by atoms with Crippen LogP contribution in [0, 0.1) is 17.8 Å². The number of nitrogens with one attached hydrogen (secondary N) is 2. The predicted molar refractivity (Wildman–Crippen MR) is 123 cm³/mol. The van der Waals surface area contributed by atoms with Gasteiger partial charge in [0.15, 0.2) is 5.16 Å². The van der Waals surface area contributed by atoms with Gasteiger partial charge in [0.25, 0.3) is 0 Å². The molecule has 3 amide bonds. The molecule has 7 nitrogen and oxygen atoms in total. The lowest BCUT2D eigenvalue weighted by atomic mass is 9.53. The minimum absolute atomic E-state index is 0.113. The quantitative estimate of drug-likeness (QED) is 0.641. The average molecular weight is 455 g/mol. The predicted octanol–water partition coefficient (Wildman–Crippen LogP) is 4.16. The van der Waals surface area contributed by atoms with Crippen molar-refractivity contribution in [2.45, 2.75) is 61.4 Å². The highest BCUT2D eigenvalue weighted by molar-refractivity contribution is 8.00. The molecule has 0 saturated heterocycles. The van der Waals surface area contributed by atoms with E-state index in [0.717, 1.165) is 48.5 Å². The highest BCUT2D eigenvalue weighted by Gasteiger charge is 2.51. The minimum atomic E-state index is -0.469. The first-order valence-corrected chi connectivity index (χ1v) is 12.3. The molecule has 0 radical (unpaired) electrons. The molecule has 1 aromatic carbocycles. The highest BCUT2D eigenvalue weighted by Crippen LogP contribution is 2.55. The Hall–Kier alpha value is -2.48. The lowest BCUT2D eigenvalue weighted by Crippen LogP contribution is -2.62. The van der Waals surface area contributed by atoms with Crippen LogP contribution in [0.4, 0.5) is 4.79 Å². The summed E-state index contributed by atoms with van der Waals surface area (Å²) in [6.45, 7) is 1.79. The second-order valence-corrected chi connectivity index (χ2v) is 11.0. The van der Waals surface area contributed by atoms with Crippen molar-refractivity contribution in [3.05, 3.63) is 36.7 Å². The Kier molecular flexibility index (Phi) is 5.65. The summed E-state index contributed by atoms with van der Waals surface area (Å²) < 4.78 is 7.22. The van der Waals surface area contributed by atoms with Gasteiger partial charge in [0.2, 0.25) is 5.91 Å². The van der Waals surface area contributed by atoms with Gasteiger partial charge in [-0.3, -0.25) is 14.7 Å². The summed E-state index contributed by atoms with van der Waals surface area (Å²) >= 11 is 1.32. The second kappa shape index (κ2) is 8.46. The van der Waals surface area contributed by atoms with Gasteiger partial charge in [0, 0.05) is 24.0 Å². The van der Waals surface area contributed by atoms with Crippen molar-refractivity contribution < 1.29 is 14.3 Å². The fraction of sp³-hybridized carbons (Fsp3) is 0.542. The number of thioether (sulfide) groups is 1. The van der Waals surface area contributed by atoms with Crippen LogP contribution in [0.15, 0.2) is 41.8 Å². The average Bonchev–Trinajstić information content (AvgIpc) is 3.20. The van der Waals surface area contributed by atoms with E-state index >= 15 is 0 Å². The third-order valence-corrected chi connectivity index (χ3v) is 8.32. The Balaban J connectivity index is 1.20. The van der Waals surface area contributed by atoms with Gasteiger partial charge >= 0.3 is 6.03 Å². The number of hydrogen-bond donors (Lipinski definition) is 2. The molecule has 6 rings (SSSR count). The van der Waals surface area contributed by atoms with E-state index in [1.54, 1.807) is 20.2 Å². The molecule has 1 heterocycles. The van der Waals surface area contributed by atoms with Gasteiger partial charge < -0.3 is 10.1 Å². The van der Waals surface area contributed by atoms with Crippen molar-refractivity contribution in [2.75, 3.05) is 7.11 Å². The van der Waals surface area contributed by atoms with Crippen molar-refractivity contribution in [3.63, 3.8) is 0 Å². The van der Waals surface area contributed by atoms with Crippen LogP contribution in [0.25, 0.3) is 5.69 Å². The number of rotatable bonds is 6. The molecule has 4 aliphatic carbocycles. The summed E-state index contributed by atoms with van der Waals surface area (Å²) in [4.78, 5) is 29.9. The third-order valence-electron chi connectivity index (χ3n) is 7.24. The summed E-state index contributed by atoms with van der Waals surface area (Å²) in [5, 5.41) is 6.00. The van der Waals surface area contributed by atoms with E-state index in [2.05, 4.69) is 15.6 Å². The first-order chi connectivity index (χ1) is 15.4. The smallest absolute Gasteiger partial charge is 0.321 e. The van der Waals surface area contributed by atoms with E-state index in [1.807, 2.05) is 35.0 Å². The van der Waals surface area contributed by atoms with Crippen molar-refractivity contribution in [3.8, 4) is 11.4 Å². The van der Waals surface area contributed by atoms with Gasteiger partial charge in [0.05, 0.1) is 18.0 Å². The number of methoxy groups -OCH3 is 1. The number of ether oxygens (including phenoxy) is 1. The molecule has 2 N–H and O–H groups in total. The molecule has 4 aliphatic rings. The minimum Gasteiger partial charge on any atom is -0.497 e. The van der Waals surface area contributed by atoms with E-state index in [-0.39, 0.29) is 17.5 Å². The number of benzene rings is 1. The molecular weight excluding hydrogens is 424 g/mol. The van der Waals surface area contributed by atoms with Crippen LogP contribution in [-0.4, -0.2) is 39.4 Å². The third kappa shape index (κ3) is 4.25. The van der Waals surface area contributed by atoms with Crippen molar-refractivity contribution >= 4 is 23.7 Å². The largest absolute Gasteiger partial charge is 0.497 e. The number of aromatic nitrogens is 2. The molecule has 4 bridgehead atoms. The van der Waals surface area contributed by atoms with Gasteiger partial charge in [-0.15, -0.1) is 0 Å². The Morgan fingerprint density at radius 3 is 2.53 bits per heavy atom. The molecule has 0 unspecified atom stereocenters. The molecule has 170 valence electrons. The summed E-state index contributed by atoms with van der Waals surface area (Å²) in [6, 6.07) is 7.30. The topological polar surface area (TPSA) is 85.2 Å². The Morgan fingerprint density at radius 1 is 1.19 bits per heavy atom. The summed E-state index contributed by atoms with van der Waals surface area (Å²) in [7, 11) is 1.63. The van der Waals surface area contributed by atoms with E-state index in [9.17, 15) is 9.59 Å². The lowest BCUT2D eigenvalue weighted by Gasteiger charge is -2.56. The van der Waals surface area contributed by atoms with Crippen LogP contribution in [0.3, 0.4) is 0 Å². The number of imide groups is 1. The molecule has 0 aliphatic heterocycles. The van der Waals surface area contributed by atoms with E-state index in [1.165, 1.54) is 31.0 Å². The normalized spacial score (nSPS) is 28.9. The molecule has 1 atom stereocenters. The van der Waals surface area contributed by atoms with Crippen molar-refractivity contribution in [1.29, 1.82) is 0 Å². The van der Waals surface area contributed by atoms with Gasteiger partial charge in [-0.2, -0.15) is 0 Å². The number of amides is 3. The molecule has 4 saturated carbocycles. The second-order valence-electron chi connectivity index (χ2n) is 9.68. The zero-order chi connectivity index (χ0) is 22.3. The first kappa shape index (κ1) is 21.4. The molecule has 32 heavy (non-hydrogen) atoms. The number of imidazole rings is 1. The number of hydrogen-bond acceptors (Lipinski definition) is 5. The number of carbonyl (C=O) groups excluding carboxylic acids is 2. The molecule has 0 spiro atoms. The number of urea groups is 1. The van der Waals surface area contributed by atoms with Crippen LogP contribution in [0.5, 0.6) is 5.75 Å². The molecule has 1 aromatic heterocycles. The van der Waals surface area contributed by atoms with E-state index in [4.69, 9.17) is 4.74 Å². The fourth-order valence-corrected chi connectivity index (χ4v) is 7.18. The summed E-state index contributed by atoms with van der Waals surface area (Å²) in [5.74, 6) is 2.66.